The molecule has 0 aliphatic heterocycles. The predicted octanol–water partition coefficient (Wildman–Crippen LogP) is 1.44. The van der Waals surface area contributed by atoms with Crippen LogP contribution in [0.4, 0.5) is 5.69 Å². The van der Waals surface area contributed by atoms with E-state index in [9.17, 15) is 10.1 Å². The fraction of sp³-hybridized carbons (Fsp3) is 0.500. The maximum atomic E-state index is 10.6. The highest BCUT2D eigenvalue weighted by Crippen LogP contribution is 2.23. The van der Waals surface area contributed by atoms with Gasteiger partial charge < -0.3 is 10.1 Å². The Balaban J connectivity index is 2.87. The molecule has 6 heteroatoms. The lowest BCUT2D eigenvalue weighted by molar-refractivity contribution is -0.384. The first kappa shape index (κ1) is 14.6. The summed E-state index contributed by atoms with van der Waals surface area (Å²) in [5, 5.41) is 16.6. The number of likely N-dealkylation sites (N-methyl/N-ethyl adjacent to an activating group) is 1. The van der Waals surface area contributed by atoms with E-state index in [0.717, 1.165) is 5.56 Å². The van der Waals surface area contributed by atoms with Crippen LogP contribution in [0.5, 0.6) is 0 Å². The SMILES string of the molecule is CNCOC(c1ccc([N+](=O)[O-])cc1)[C@@H](C)NC. The van der Waals surface area contributed by atoms with E-state index in [1.807, 2.05) is 14.0 Å². The maximum absolute atomic E-state index is 10.6. The third-order valence-corrected chi connectivity index (χ3v) is 2.75. The Morgan fingerprint density at radius 3 is 2.39 bits per heavy atom. The van der Waals surface area contributed by atoms with Gasteiger partial charge in [-0.25, -0.2) is 0 Å². The highest BCUT2D eigenvalue weighted by molar-refractivity contribution is 5.34. The zero-order valence-electron chi connectivity index (χ0n) is 10.8. The van der Waals surface area contributed by atoms with Gasteiger partial charge in [0.05, 0.1) is 17.8 Å². The Morgan fingerprint density at radius 2 is 1.94 bits per heavy atom. The Kier molecular flexibility index (Phi) is 5.70. The van der Waals surface area contributed by atoms with Gasteiger partial charge in [-0.2, -0.15) is 0 Å². The fourth-order valence-electron chi connectivity index (χ4n) is 1.64. The average Bonchev–Trinajstić information content (AvgIpc) is 2.39. The van der Waals surface area contributed by atoms with Crippen LogP contribution in [-0.4, -0.2) is 31.8 Å². The first-order valence-corrected chi connectivity index (χ1v) is 5.78. The lowest BCUT2D eigenvalue weighted by Gasteiger charge is -2.24. The molecule has 0 aliphatic carbocycles. The van der Waals surface area contributed by atoms with Crippen LogP contribution in [0.15, 0.2) is 24.3 Å². The monoisotopic (exact) mass is 253 g/mol. The zero-order chi connectivity index (χ0) is 13.5. The molecule has 18 heavy (non-hydrogen) atoms. The summed E-state index contributed by atoms with van der Waals surface area (Å²) < 4.78 is 5.69. The van der Waals surface area contributed by atoms with Crippen molar-refractivity contribution in [2.75, 3.05) is 20.8 Å². The van der Waals surface area contributed by atoms with E-state index in [1.165, 1.54) is 12.1 Å². The van der Waals surface area contributed by atoms with E-state index in [4.69, 9.17) is 4.74 Å². The first-order chi connectivity index (χ1) is 8.60. The van der Waals surface area contributed by atoms with Gasteiger partial charge >= 0.3 is 0 Å². The highest BCUT2D eigenvalue weighted by Gasteiger charge is 2.19. The van der Waals surface area contributed by atoms with E-state index >= 15 is 0 Å². The van der Waals surface area contributed by atoms with Crippen LogP contribution in [-0.2, 0) is 4.74 Å². The van der Waals surface area contributed by atoms with Crippen LogP contribution < -0.4 is 10.6 Å². The molecule has 0 spiro atoms. The number of hydrogen-bond acceptors (Lipinski definition) is 5. The molecular formula is C12H19N3O3. The van der Waals surface area contributed by atoms with Crippen molar-refractivity contribution in [1.82, 2.24) is 10.6 Å². The molecule has 1 rings (SSSR count). The van der Waals surface area contributed by atoms with E-state index in [1.54, 1.807) is 19.2 Å². The number of benzene rings is 1. The van der Waals surface area contributed by atoms with Crippen LogP contribution in [0.25, 0.3) is 0 Å². The Bertz CT molecular complexity index is 381. The summed E-state index contributed by atoms with van der Waals surface area (Å²) in [4.78, 5) is 10.2. The quantitative estimate of drug-likeness (QED) is 0.437. The van der Waals surface area contributed by atoms with Gasteiger partial charge in [0.2, 0.25) is 0 Å². The number of nitrogens with one attached hydrogen (secondary N) is 2. The topological polar surface area (TPSA) is 76.4 Å². The minimum absolute atomic E-state index is 0.0863. The summed E-state index contributed by atoms with van der Waals surface area (Å²) in [5.74, 6) is 0. The van der Waals surface area contributed by atoms with Crippen molar-refractivity contribution in [2.45, 2.75) is 19.1 Å². The minimum atomic E-state index is -0.408. The van der Waals surface area contributed by atoms with Crippen molar-refractivity contribution in [3.8, 4) is 0 Å². The number of rotatable bonds is 7. The molecule has 0 aromatic heterocycles. The van der Waals surface area contributed by atoms with Crippen molar-refractivity contribution >= 4 is 5.69 Å². The number of hydrogen-bond donors (Lipinski definition) is 2. The molecule has 0 heterocycles. The number of ether oxygens (including phenoxy) is 1. The van der Waals surface area contributed by atoms with Gasteiger partial charge in [-0.1, -0.05) is 0 Å². The van der Waals surface area contributed by atoms with Gasteiger partial charge in [-0.3, -0.25) is 15.4 Å². The zero-order valence-corrected chi connectivity index (χ0v) is 10.8. The second-order valence-corrected chi connectivity index (χ2v) is 4.01. The molecule has 1 aromatic rings. The smallest absolute Gasteiger partial charge is 0.269 e. The van der Waals surface area contributed by atoms with Crippen molar-refractivity contribution in [1.29, 1.82) is 0 Å². The van der Waals surface area contributed by atoms with Crippen LogP contribution in [0.1, 0.15) is 18.6 Å². The maximum Gasteiger partial charge on any atom is 0.269 e. The summed E-state index contributed by atoms with van der Waals surface area (Å²) in [6.07, 6.45) is -0.150. The van der Waals surface area contributed by atoms with Gasteiger partial charge in [-0.15, -0.1) is 0 Å². The van der Waals surface area contributed by atoms with Gasteiger partial charge in [0.25, 0.3) is 5.69 Å². The van der Waals surface area contributed by atoms with Crippen LogP contribution in [0.3, 0.4) is 0 Å². The first-order valence-electron chi connectivity index (χ1n) is 5.78. The Morgan fingerprint density at radius 1 is 1.33 bits per heavy atom. The van der Waals surface area contributed by atoms with Gasteiger partial charge in [0.1, 0.15) is 0 Å². The summed E-state index contributed by atoms with van der Waals surface area (Å²) in [5.41, 5.74) is 1.00. The second-order valence-electron chi connectivity index (χ2n) is 4.01. The lowest BCUT2D eigenvalue weighted by Crippen LogP contribution is -2.32. The van der Waals surface area contributed by atoms with Crippen molar-refractivity contribution in [3.63, 3.8) is 0 Å². The van der Waals surface area contributed by atoms with Crippen LogP contribution in [0.2, 0.25) is 0 Å². The third-order valence-electron chi connectivity index (χ3n) is 2.75. The molecule has 0 fully saturated rings. The third kappa shape index (κ3) is 3.76. The largest absolute Gasteiger partial charge is 0.357 e. The molecule has 6 nitrogen and oxygen atoms in total. The summed E-state index contributed by atoms with van der Waals surface area (Å²) in [6.45, 7) is 2.43. The highest BCUT2D eigenvalue weighted by atomic mass is 16.6. The molecule has 0 saturated heterocycles. The molecule has 100 valence electrons. The molecule has 0 saturated carbocycles. The Labute approximate surface area is 106 Å². The standard InChI is InChI=1S/C12H19N3O3/c1-9(14-3)12(18-8-13-2)10-4-6-11(7-5-10)15(16)17/h4-7,9,12-14H,8H2,1-3H3/t9-,12?/m1/s1. The summed E-state index contributed by atoms with van der Waals surface area (Å²) in [7, 11) is 3.66. The van der Waals surface area contributed by atoms with Gasteiger partial charge in [0, 0.05) is 18.2 Å². The lowest BCUT2D eigenvalue weighted by atomic mass is 10.0. The van der Waals surface area contributed by atoms with Crippen molar-refractivity contribution in [2.24, 2.45) is 0 Å². The van der Waals surface area contributed by atoms with Gasteiger partial charge in [-0.05, 0) is 38.7 Å². The number of nitrogens with zero attached hydrogens (tertiary/aromatic N) is 1. The van der Waals surface area contributed by atoms with Crippen molar-refractivity contribution in [3.05, 3.63) is 39.9 Å². The van der Waals surface area contributed by atoms with Gasteiger partial charge in [0.15, 0.2) is 0 Å². The molecule has 1 unspecified atom stereocenters. The predicted molar refractivity (Wildman–Crippen MR) is 69.4 cm³/mol. The molecular weight excluding hydrogens is 234 g/mol. The molecule has 0 radical (unpaired) electrons. The number of nitro groups is 1. The average molecular weight is 253 g/mol. The van der Waals surface area contributed by atoms with E-state index in [-0.39, 0.29) is 17.8 Å². The van der Waals surface area contributed by atoms with Crippen molar-refractivity contribution < 1.29 is 9.66 Å². The van der Waals surface area contributed by atoms with Crippen LogP contribution >= 0.6 is 0 Å². The summed E-state index contributed by atoms with van der Waals surface area (Å²) in [6, 6.07) is 6.55. The molecule has 2 N–H and O–H groups in total. The molecule has 0 amide bonds. The Hall–Kier alpha value is -1.50. The second kappa shape index (κ2) is 7.05. The van der Waals surface area contributed by atoms with E-state index < -0.39 is 4.92 Å². The number of non-ortho nitro benzene ring substituents is 1. The number of nitro benzene ring substituents is 1. The fourth-order valence-corrected chi connectivity index (χ4v) is 1.64. The molecule has 0 aliphatic rings. The molecule has 1 aromatic carbocycles. The molecule has 2 atom stereocenters. The normalized spacial score (nSPS) is 14.2. The minimum Gasteiger partial charge on any atom is -0.357 e. The van der Waals surface area contributed by atoms with Crippen LogP contribution in [0, 0.1) is 10.1 Å². The van der Waals surface area contributed by atoms with E-state index in [0.29, 0.717) is 6.73 Å². The van der Waals surface area contributed by atoms with E-state index in [2.05, 4.69) is 10.6 Å². The summed E-state index contributed by atoms with van der Waals surface area (Å²) >= 11 is 0. The molecule has 0 bridgehead atoms.